The van der Waals surface area contributed by atoms with Crippen LogP contribution >= 0.6 is 0 Å². The smallest absolute Gasteiger partial charge is 0.121 e. The van der Waals surface area contributed by atoms with Gasteiger partial charge in [0.25, 0.3) is 0 Å². The van der Waals surface area contributed by atoms with Gasteiger partial charge < -0.3 is 20.5 Å². The predicted molar refractivity (Wildman–Crippen MR) is 82.9 cm³/mol. The Hall–Kier alpha value is -2.36. The summed E-state index contributed by atoms with van der Waals surface area (Å²) in [6.45, 7) is 2.82. The van der Waals surface area contributed by atoms with Gasteiger partial charge in [0.15, 0.2) is 0 Å². The molecule has 2 rings (SSSR count). The molecule has 0 aliphatic carbocycles. The van der Waals surface area contributed by atoms with Gasteiger partial charge in [-0.25, -0.2) is 0 Å². The molecule has 0 saturated carbocycles. The SMILES string of the molecule is CCCOc1ccc(Nc2cc(OC)ccc2N)cc1. The van der Waals surface area contributed by atoms with Crippen LogP contribution in [0.1, 0.15) is 13.3 Å². The summed E-state index contributed by atoms with van der Waals surface area (Å²) in [6, 6.07) is 13.3. The average molecular weight is 272 g/mol. The highest BCUT2D eigenvalue weighted by atomic mass is 16.5. The van der Waals surface area contributed by atoms with Crippen LogP contribution in [0.4, 0.5) is 17.1 Å². The molecule has 4 nitrogen and oxygen atoms in total. The molecule has 3 N–H and O–H groups in total. The van der Waals surface area contributed by atoms with E-state index < -0.39 is 0 Å². The third-order valence-corrected chi connectivity index (χ3v) is 2.87. The quantitative estimate of drug-likeness (QED) is 0.785. The first-order valence-electron chi connectivity index (χ1n) is 6.66. The van der Waals surface area contributed by atoms with E-state index in [2.05, 4.69) is 12.2 Å². The van der Waals surface area contributed by atoms with Gasteiger partial charge in [-0.15, -0.1) is 0 Å². The lowest BCUT2D eigenvalue weighted by atomic mass is 10.2. The molecule has 0 radical (unpaired) electrons. The Morgan fingerprint density at radius 1 is 1.05 bits per heavy atom. The molecule has 0 spiro atoms. The van der Waals surface area contributed by atoms with Crippen LogP contribution in [-0.4, -0.2) is 13.7 Å². The highest BCUT2D eigenvalue weighted by Crippen LogP contribution is 2.28. The topological polar surface area (TPSA) is 56.5 Å². The minimum absolute atomic E-state index is 0.678. The van der Waals surface area contributed by atoms with Crippen molar-refractivity contribution in [3.63, 3.8) is 0 Å². The number of methoxy groups -OCH3 is 1. The van der Waals surface area contributed by atoms with Crippen molar-refractivity contribution in [2.75, 3.05) is 24.8 Å². The van der Waals surface area contributed by atoms with Crippen molar-refractivity contribution in [3.8, 4) is 11.5 Å². The Bertz CT molecular complexity index is 553. The molecule has 0 aliphatic rings. The summed E-state index contributed by atoms with van der Waals surface area (Å²) < 4.78 is 10.7. The zero-order valence-electron chi connectivity index (χ0n) is 11.8. The molecule has 0 saturated heterocycles. The number of hydrogen-bond acceptors (Lipinski definition) is 4. The van der Waals surface area contributed by atoms with Crippen molar-refractivity contribution < 1.29 is 9.47 Å². The molecule has 0 atom stereocenters. The highest BCUT2D eigenvalue weighted by Gasteiger charge is 2.02. The first-order chi connectivity index (χ1) is 9.72. The lowest BCUT2D eigenvalue weighted by molar-refractivity contribution is 0.317. The monoisotopic (exact) mass is 272 g/mol. The van der Waals surface area contributed by atoms with Gasteiger partial charge >= 0.3 is 0 Å². The molecule has 106 valence electrons. The number of rotatable bonds is 6. The van der Waals surface area contributed by atoms with Gasteiger partial charge in [-0.1, -0.05) is 6.92 Å². The van der Waals surface area contributed by atoms with Gasteiger partial charge in [0.05, 0.1) is 25.1 Å². The van der Waals surface area contributed by atoms with Crippen LogP contribution < -0.4 is 20.5 Å². The number of nitrogens with one attached hydrogen (secondary N) is 1. The summed E-state index contributed by atoms with van der Waals surface area (Å²) in [5.41, 5.74) is 8.40. The second-order valence-electron chi connectivity index (χ2n) is 4.45. The first kappa shape index (κ1) is 14.1. The summed E-state index contributed by atoms with van der Waals surface area (Å²) in [5.74, 6) is 1.64. The molecule has 2 aromatic rings. The van der Waals surface area contributed by atoms with Crippen LogP contribution in [0.5, 0.6) is 11.5 Å². The fraction of sp³-hybridized carbons (Fsp3) is 0.250. The summed E-state index contributed by atoms with van der Waals surface area (Å²) >= 11 is 0. The van der Waals surface area contributed by atoms with E-state index in [1.165, 1.54) is 0 Å². The molecule has 4 heteroatoms. The van der Waals surface area contributed by atoms with Crippen molar-refractivity contribution in [2.24, 2.45) is 0 Å². The van der Waals surface area contributed by atoms with Crippen LogP contribution in [0.15, 0.2) is 42.5 Å². The summed E-state index contributed by atoms with van der Waals surface area (Å²) in [6.07, 6.45) is 1.00. The third-order valence-electron chi connectivity index (χ3n) is 2.87. The lowest BCUT2D eigenvalue weighted by Gasteiger charge is -2.11. The van der Waals surface area contributed by atoms with E-state index in [-0.39, 0.29) is 0 Å². The Morgan fingerprint density at radius 2 is 1.75 bits per heavy atom. The summed E-state index contributed by atoms with van der Waals surface area (Å²) in [4.78, 5) is 0. The molecule has 0 unspecified atom stereocenters. The summed E-state index contributed by atoms with van der Waals surface area (Å²) in [7, 11) is 1.63. The van der Waals surface area contributed by atoms with Gasteiger partial charge in [0, 0.05) is 11.8 Å². The Balaban J connectivity index is 2.09. The normalized spacial score (nSPS) is 10.1. The van der Waals surface area contributed by atoms with E-state index >= 15 is 0 Å². The van der Waals surface area contributed by atoms with Gasteiger partial charge in [0.1, 0.15) is 11.5 Å². The maximum atomic E-state index is 5.94. The molecule has 0 fully saturated rings. The number of ether oxygens (including phenoxy) is 2. The second-order valence-corrected chi connectivity index (χ2v) is 4.45. The average Bonchev–Trinajstić information content (AvgIpc) is 2.49. The maximum absolute atomic E-state index is 5.94. The van der Waals surface area contributed by atoms with Crippen molar-refractivity contribution in [1.82, 2.24) is 0 Å². The van der Waals surface area contributed by atoms with Crippen molar-refractivity contribution >= 4 is 17.1 Å². The van der Waals surface area contributed by atoms with Crippen LogP contribution in [0, 0.1) is 0 Å². The van der Waals surface area contributed by atoms with E-state index in [9.17, 15) is 0 Å². The summed E-state index contributed by atoms with van der Waals surface area (Å²) in [5, 5.41) is 3.27. The molecular formula is C16H20N2O2. The maximum Gasteiger partial charge on any atom is 0.121 e. The second kappa shape index (κ2) is 6.70. The minimum Gasteiger partial charge on any atom is -0.497 e. The van der Waals surface area contributed by atoms with Gasteiger partial charge in [-0.2, -0.15) is 0 Å². The number of anilines is 3. The zero-order valence-corrected chi connectivity index (χ0v) is 11.8. The molecule has 0 aromatic heterocycles. The van der Waals surface area contributed by atoms with Crippen molar-refractivity contribution in [3.05, 3.63) is 42.5 Å². The number of benzene rings is 2. The fourth-order valence-corrected chi connectivity index (χ4v) is 1.78. The van der Waals surface area contributed by atoms with Crippen molar-refractivity contribution in [2.45, 2.75) is 13.3 Å². The Morgan fingerprint density at radius 3 is 2.40 bits per heavy atom. The first-order valence-corrected chi connectivity index (χ1v) is 6.66. The third kappa shape index (κ3) is 3.57. The molecule has 20 heavy (non-hydrogen) atoms. The van der Waals surface area contributed by atoms with E-state index in [4.69, 9.17) is 15.2 Å². The molecule has 0 amide bonds. The lowest BCUT2D eigenvalue weighted by Crippen LogP contribution is -1.98. The van der Waals surface area contributed by atoms with Gasteiger partial charge in [0.2, 0.25) is 0 Å². The molecular weight excluding hydrogens is 252 g/mol. The van der Waals surface area contributed by atoms with E-state index in [1.54, 1.807) is 7.11 Å². The van der Waals surface area contributed by atoms with Crippen LogP contribution in [0.25, 0.3) is 0 Å². The zero-order chi connectivity index (χ0) is 14.4. The fourth-order valence-electron chi connectivity index (χ4n) is 1.78. The number of nitrogens with two attached hydrogens (primary N) is 1. The molecule has 0 heterocycles. The minimum atomic E-state index is 0.678. The molecule has 0 bridgehead atoms. The predicted octanol–water partition coefficient (Wildman–Crippen LogP) is 3.81. The Labute approximate surface area is 119 Å². The van der Waals surface area contributed by atoms with Crippen molar-refractivity contribution in [1.29, 1.82) is 0 Å². The van der Waals surface area contributed by atoms with E-state index in [0.717, 1.165) is 35.9 Å². The van der Waals surface area contributed by atoms with Gasteiger partial charge in [-0.05, 0) is 42.8 Å². The van der Waals surface area contributed by atoms with Gasteiger partial charge in [-0.3, -0.25) is 0 Å². The molecule has 2 aromatic carbocycles. The van der Waals surface area contributed by atoms with Crippen LogP contribution in [-0.2, 0) is 0 Å². The molecule has 0 aliphatic heterocycles. The van der Waals surface area contributed by atoms with Crippen LogP contribution in [0.2, 0.25) is 0 Å². The van der Waals surface area contributed by atoms with E-state index in [1.807, 2.05) is 42.5 Å². The highest BCUT2D eigenvalue weighted by molar-refractivity contribution is 5.74. The van der Waals surface area contributed by atoms with Crippen LogP contribution in [0.3, 0.4) is 0 Å². The number of hydrogen-bond donors (Lipinski definition) is 2. The number of nitrogen functional groups attached to an aromatic ring is 1. The largest absolute Gasteiger partial charge is 0.497 e. The standard InChI is InChI=1S/C16H20N2O2/c1-3-10-20-13-6-4-12(5-7-13)18-16-11-14(19-2)8-9-15(16)17/h4-9,11,18H,3,10,17H2,1-2H3. The van der Waals surface area contributed by atoms with E-state index in [0.29, 0.717) is 5.69 Å². The Kier molecular flexibility index (Phi) is 4.71.